The third-order valence-electron chi connectivity index (χ3n) is 2.74. The van der Waals surface area contributed by atoms with Gasteiger partial charge in [-0.15, -0.1) is 0 Å². The second-order valence-electron chi connectivity index (χ2n) is 4.53. The highest BCUT2D eigenvalue weighted by Crippen LogP contribution is 2.28. The topological polar surface area (TPSA) is 43.8 Å². The van der Waals surface area contributed by atoms with Gasteiger partial charge in [0.1, 0.15) is 0 Å². The first-order valence-corrected chi connectivity index (χ1v) is 6.51. The molecule has 1 unspecified atom stereocenters. The van der Waals surface area contributed by atoms with Gasteiger partial charge in [0.2, 0.25) is 5.91 Å². The van der Waals surface area contributed by atoms with Crippen molar-refractivity contribution in [2.24, 2.45) is 0 Å². The number of aliphatic hydroxyl groups is 1. The van der Waals surface area contributed by atoms with Gasteiger partial charge in [0.25, 0.3) is 0 Å². The Balaban J connectivity index is 2.87. The zero-order valence-corrected chi connectivity index (χ0v) is 12.7. The number of rotatable bonds is 4. The van der Waals surface area contributed by atoms with E-state index in [1.54, 1.807) is 25.9 Å². The number of hydrogen-bond donors (Lipinski definition) is 1. The molecular formula is C13H19BrN2O2. The second-order valence-corrected chi connectivity index (χ2v) is 5.39. The molecule has 1 N–H and O–H groups in total. The number of anilines is 1. The van der Waals surface area contributed by atoms with Crippen LogP contribution in [0.5, 0.6) is 0 Å². The van der Waals surface area contributed by atoms with Gasteiger partial charge in [-0.3, -0.25) is 4.79 Å². The molecule has 0 saturated carbocycles. The molecule has 0 fully saturated rings. The van der Waals surface area contributed by atoms with Crippen LogP contribution in [0.4, 0.5) is 5.69 Å². The van der Waals surface area contributed by atoms with Crippen molar-refractivity contribution in [2.45, 2.75) is 13.0 Å². The first-order valence-electron chi connectivity index (χ1n) is 5.71. The van der Waals surface area contributed by atoms with Crippen LogP contribution < -0.4 is 4.90 Å². The highest BCUT2D eigenvalue weighted by molar-refractivity contribution is 9.10. The molecule has 0 aliphatic heterocycles. The summed E-state index contributed by atoms with van der Waals surface area (Å²) < 4.78 is 0.870. The lowest BCUT2D eigenvalue weighted by molar-refractivity contribution is -0.127. The molecule has 1 atom stereocenters. The molecule has 0 spiro atoms. The molecule has 100 valence electrons. The summed E-state index contributed by atoms with van der Waals surface area (Å²) in [5, 5.41) is 9.50. The summed E-state index contributed by atoms with van der Waals surface area (Å²) in [6.07, 6.45) is -0.496. The van der Waals surface area contributed by atoms with E-state index in [4.69, 9.17) is 0 Å². The fraction of sp³-hybridized carbons (Fsp3) is 0.462. The van der Waals surface area contributed by atoms with Crippen molar-refractivity contribution >= 4 is 27.5 Å². The molecule has 5 heteroatoms. The number of benzene rings is 1. The monoisotopic (exact) mass is 314 g/mol. The lowest BCUT2D eigenvalue weighted by atomic mass is 10.1. The number of nitrogens with zero attached hydrogens (tertiary/aromatic N) is 2. The molecule has 1 aromatic rings. The molecular weight excluding hydrogens is 296 g/mol. The van der Waals surface area contributed by atoms with Crippen molar-refractivity contribution < 1.29 is 9.90 Å². The predicted octanol–water partition coefficient (Wildman–Crippen LogP) is 2.03. The minimum atomic E-state index is -0.496. The summed E-state index contributed by atoms with van der Waals surface area (Å²) in [4.78, 5) is 15.1. The molecule has 0 aromatic heterocycles. The summed E-state index contributed by atoms with van der Waals surface area (Å²) in [5.41, 5.74) is 1.77. The zero-order chi connectivity index (χ0) is 13.9. The molecule has 4 nitrogen and oxygen atoms in total. The largest absolute Gasteiger partial charge is 0.389 e. The summed E-state index contributed by atoms with van der Waals surface area (Å²) in [6, 6.07) is 5.63. The van der Waals surface area contributed by atoms with E-state index in [2.05, 4.69) is 15.9 Å². The zero-order valence-electron chi connectivity index (χ0n) is 11.1. The minimum Gasteiger partial charge on any atom is -0.389 e. The van der Waals surface area contributed by atoms with Crippen molar-refractivity contribution in [3.8, 4) is 0 Å². The van der Waals surface area contributed by atoms with Crippen LogP contribution in [-0.4, -0.2) is 43.6 Å². The summed E-state index contributed by atoms with van der Waals surface area (Å²) >= 11 is 3.47. The molecule has 0 radical (unpaired) electrons. The van der Waals surface area contributed by atoms with Crippen LogP contribution in [0.25, 0.3) is 0 Å². The smallest absolute Gasteiger partial charge is 0.241 e. The van der Waals surface area contributed by atoms with E-state index in [0.717, 1.165) is 15.7 Å². The van der Waals surface area contributed by atoms with Gasteiger partial charge in [-0.25, -0.2) is 0 Å². The number of halogens is 1. The van der Waals surface area contributed by atoms with E-state index in [9.17, 15) is 9.90 Å². The molecule has 0 heterocycles. The van der Waals surface area contributed by atoms with Crippen molar-refractivity contribution in [3.63, 3.8) is 0 Å². The number of carbonyl (C=O) groups is 1. The maximum absolute atomic E-state index is 11.6. The number of amides is 1. The fourth-order valence-electron chi connectivity index (χ4n) is 1.52. The third kappa shape index (κ3) is 3.71. The lowest BCUT2D eigenvalue weighted by Gasteiger charge is -2.22. The maximum atomic E-state index is 11.6. The lowest BCUT2D eigenvalue weighted by Crippen LogP contribution is -2.34. The Morgan fingerprint density at radius 1 is 1.39 bits per heavy atom. The standard InChI is InChI=1S/C13H19BrN2O2/c1-9(17)10-5-6-12(11(14)7-10)16(4)8-13(18)15(2)3/h5-7,9,17H,8H2,1-4H3. The van der Waals surface area contributed by atoms with Crippen LogP contribution in [-0.2, 0) is 4.79 Å². The van der Waals surface area contributed by atoms with Gasteiger partial charge in [-0.2, -0.15) is 0 Å². The summed E-state index contributed by atoms with van der Waals surface area (Å²) in [5.74, 6) is 0.0454. The van der Waals surface area contributed by atoms with Gasteiger partial charge in [0, 0.05) is 25.6 Å². The Bertz CT molecular complexity index is 433. The fourth-order valence-corrected chi connectivity index (χ4v) is 2.22. The Labute approximate surface area is 116 Å². The van der Waals surface area contributed by atoms with Crippen LogP contribution in [0, 0.1) is 0 Å². The van der Waals surface area contributed by atoms with Gasteiger partial charge in [-0.05, 0) is 40.5 Å². The first kappa shape index (κ1) is 15.0. The average Bonchev–Trinajstić information content (AvgIpc) is 2.28. The SMILES string of the molecule is CC(O)c1ccc(N(C)CC(=O)N(C)C)c(Br)c1. The van der Waals surface area contributed by atoms with Crippen LogP contribution in [0.1, 0.15) is 18.6 Å². The van der Waals surface area contributed by atoms with Crippen LogP contribution in [0.3, 0.4) is 0 Å². The van der Waals surface area contributed by atoms with Crippen molar-refractivity contribution in [3.05, 3.63) is 28.2 Å². The average molecular weight is 315 g/mol. The Kier molecular flexibility index (Phi) is 5.16. The van der Waals surface area contributed by atoms with E-state index in [1.807, 2.05) is 30.1 Å². The molecule has 0 aliphatic carbocycles. The third-order valence-corrected chi connectivity index (χ3v) is 3.37. The number of hydrogen-bond acceptors (Lipinski definition) is 3. The van der Waals surface area contributed by atoms with E-state index in [-0.39, 0.29) is 5.91 Å². The van der Waals surface area contributed by atoms with E-state index in [0.29, 0.717) is 6.54 Å². The Morgan fingerprint density at radius 2 is 2.00 bits per heavy atom. The molecule has 1 aromatic carbocycles. The highest BCUT2D eigenvalue weighted by Gasteiger charge is 2.12. The van der Waals surface area contributed by atoms with E-state index >= 15 is 0 Å². The number of likely N-dealkylation sites (N-methyl/N-ethyl adjacent to an activating group) is 2. The number of carbonyl (C=O) groups excluding carboxylic acids is 1. The van der Waals surface area contributed by atoms with E-state index in [1.165, 1.54) is 0 Å². The van der Waals surface area contributed by atoms with Gasteiger partial charge in [0.05, 0.1) is 18.3 Å². The molecule has 1 rings (SSSR count). The van der Waals surface area contributed by atoms with Gasteiger partial charge >= 0.3 is 0 Å². The Morgan fingerprint density at radius 3 is 2.44 bits per heavy atom. The Hall–Kier alpha value is -1.07. The van der Waals surface area contributed by atoms with E-state index < -0.39 is 6.10 Å². The summed E-state index contributed by atoms with van der Waals surface area (Å²) in [6.45, 7) is 2.04. The van der Waals surface area contributed by atoms with Gasteiger partial charge in [0.15, 0.2) is 0 Å². The molecule has 0 bridgehead atoms. The maximum Gasteiger partial charge on any atom is 0.241 e. The number of aliphatic hydroxyl groups excluding tert-OH is 1. The van der Waals surface area contributed by atoms with Crippen LogP contribution in [0.2, 0.25) is 0 Å². The van der Waals surface area contributed by atoms with Crippen LogP contribution in [0.15, 0.2) is 22.7 Å². The highest BCUT2D eigenvalue weighted by atomic mass is 79.9. The summed E-state index contributed by atoms with van der Waals surface area (Å²) in [7, 11) is 5.34. The minimum absolute atomic E-state index is 0.0454. The van der Waals surface area contributed by atoms with Crippen molar-refractivity contribution in [1.82, 2.24) is 4.90 Å². The van der Waals surface area contributed by atoms with Gasteiger partial charge in [-0.1, -0.05) is 6.07 Å². The first-order chi connectivity index (χ1) is 8.32. The normalized spacial score (nSPS) is 12.1. The second kappa shape index (κ2) is 6.20. The molecule has 0 saturated heterocycles. The molecule has 18 heavy (non-hydrogen) atoms. The quantitative estimate of drug-likeness (QED) is 0.924. The predicted molar refractivity (Wildman–Crippen MR) is 76.7 cm³/mol. The van der Waals surface area contributed by atoms with Crippen molar-refractivity contribution in [2.75, 3.05) is 32.6 Å². The van der Waals surface area contributed by atoms with Gasteiger partial charge < -0.3 is 14.9 Å². The van der Waals surface area contributed by atoms with Crippen molar-refractivity contribution in [1.29, 1.82) is 0 Å². The molecule has 0 aliphatic rings. The molecule has 1 amide bonds. The van der Waals surface area contributed by atoms with Crippen LogP contribution >= 0.6 is 15.9 Å².